The van der Waals surface area contributed by atoms with E-state index in [1.165, 1.54) is 30.5 Å². The Hall–Kier alpha value is -2.01. The van der Waals surface area contributed by atoms with Gasteiger partial charge in [0.15, 0.2) is 0 Å². The Labute approximate surface area is 172 Å². The molecule has 5 nitrogen and oxygen atoms in total. The molecule has 0 aliphatic carbocycles. The van der Waals surface area contributed by atoms with Crippen molar-refractivity contribution < 1.29 is 0 Å². The van der Waals surface area contributed by atoms with Crippen LogP contribution in [0.1, 0.15) is 56.3 Å². The summed E-state index contributed by atoms with van der Waals surface area (Å²) in [7, 11) is 0. The van der Waals surface area contributed by atoms with Gasteiger partial charge in [-0.3, -0.25) is 0 Å². The molecule has 2 fully saturated rings. The van der Waals surface area contributed by atoms with Crippen molar-refractivity contribution in [2.75, 3.05) is 35.2 Å². The molecule has 2 saturated heterocycles. The van der Waals surface area contributed by atoms with Gasteiger partial charge in [-0.2, -0.15) is 4.98 Å². The van der Waals surface area contributed by atoms with Gasteiger partial charge in [-0.15, -0.1) is 0 Å². The second-order valence-electron chi connectivity index (χ2n) is 8.33. The minimum atomic E-state index is 0.212. The summed E-state index contributed by atoms with van der Waals surface area (Å²) in [6.07, 6.45) is 5.91. The average molecular weight is 400 g/mol. The quantitative estimate of drug-likeness (QED) is 0.787. The van der Waals surface area contributed by atoms with Gasteiger partial charge in [-0.1, -0.05) is 31.4 Å². The fraction of sp³-hybridized carbons (Fsp3) is 0.545. The van der Waals surface area contributed by atoms with Gasteiger partial charge in [0.2, 0.25) is 5.95 Å². The van der Waals surface area contributed by atoms with E-state index in [1.807, 2.05) is 13.0 Å². The molecule has 0 amide bonds. The Morgan fingerprint density at radius 3 is 2.68 bits per heavy atom. The van der Waals surface area contributed by atoms with Crippen molar-refractivity contribution >= 4 is 29.1 Å². The number of rotatable bonds is 3. The molecule has 2 aliphatic rings. The van der Waals surface area contributed by atoms with E-state index in [4.69, 9.17) is 17.3 Å². The van der Waals surface area contributed by atoms with Crippen LogP contribution in [0.5, 0.6) is 0 Å². The van der Waals surface area contributed by atoms with Crippen LogP contribution in [-0.4, -0.2) is 29.6 Å². The summed E-state index contributed by atoms with van der Waals surface area (Å²) in [6.45, 7) is 7.50. The highest BCUT2D eigenvalue weighted by molar-refractivity contribution is 6.31. The lowest BCUT2D eigenvalue weighted by Gasteiger charge is -2.33. The zero-order valence-electron chi connectivity index (χ0n) is 16.9. The fourth-order valence-electron chi connectivity index (χ4n) is 4.58. The standard InChI is InChI=1S/C22H30ClN5/c1-15-9-11-27(14-15)17-7-8-19(23)18(13-17)20-6-4-3-5-10-28(20)21-12-16(2)25-22(24)26-21/h7-8,12-13,15,20H,3-6,9-11,14H2,1-2H3,(H2,24,25,26). The predicted molar refractivity (Wildman–Crippen MR) is 117 cm³/mol. The summed E-state index contributed by atoms with van der Waals surface area (Å²) in [5.74, 6) is 2.00. The first-order valence-corrected chi connectivity index (χ1v) is 10.8. The Morgan fingerprint density at radius 1 is 1.07 bits per heavy atom. The molecule has 2 atom stereocenters. The largest absolute Gasteiger partial charge is 0.371 e. The number of nitrogen functional groups attached to an aromatic ring is 1. The molecule has 2 N–H and O–H groups in total. The summed E-state index contributed by atoms with van der Waals surface area (Å²) in [5.41, 5.74) is 9.34. The third-order valence-electron chi connectivity index (χ3n) is 6.03. The number of nitrogens with zero attached hydrogens (tertiary/aromatic N) is 4. The number of aromatic nitrogens is 2. The van der Waals surface area contributed by atoms with Crippen LogP contribution in [0.4, 0.5) is 17.5 Å². The number of hydrogen-bond donors (Lipinski definition) is 1. The Bertz CT molecular complexity index is 819. The molecular weight excluding hydrogens is 370 g/mol. The summed E-state index contributed by atoms with van der Waals surface area (Å²) in [4.78, 5) is 13.7. The van der Waals surface area contributed by atoms with E-state index in [0.717, 1.165) is 54.9 Å². The maximum Gasteiger partial charge on any atom is 0.222 e. The van der Waals surface area contributed by atoms with Crippen molar-refractivity contribution in [2.45, 2.75) is 52.0 Å². The predicted octanol–water partition coefficient (Wildman–Crippen LogP) is 4.99. The monoisotopic (exact) mass is 399 g/mol. The van der Waals surface area contributed by atoms with Gasteiger partial charge in [0.05, 0.1) is 6.04 Å². The summed E-state index contributed by atoms with van der Waals surface area (Å²) < 4.78 is 0. The Morgan fingerprint density at radius 2 is 1.93 bits per heavy atom. The molecule has 2 aromatic rings. The zero-order chi connectivity index (χ0) is 19.7. The number of hydrogen-bond acceptors (Lipinski definition) is 5. The molecule has 6 heteroatoms. The van der Waals surface area contributed by atoms with Gasteiger partial charge in [0.1, 0.15) is 5.82 Å². The van der Waals surface area contributed by atoms with E-state index >= 15 is 0 Å². The normalized spacial score (nSPS) is 23.1. The van der Waals surface area contributed by atoms with Gasteiger partial charge in [0.25, 0.3) is 0 Å². The van der Waals surface area contributed by atoms with Crippen LogP contribution >= 0.6 is 11.6 Å². The van der Waals surface area contributed by atoms with Crippen LogP contribution in [0.2, 0.25) is 5.02 Å². The first kappa shape index (κ1) is 19.3. The second kappa shape index (κ2) is 8.16. The number of halogens is 1. The van der Waals surface area contributed by atoms with Gasteiger partial charge in [-0.05, 0) is 55.9 Å². The smallest absolute Gasteiger partial charge is 0.222 e. The maximum atomic E-state index is 6.73. The number of aryl methyl sites for hydroxylation is 1. The van der Waals surface area contributed by atoms with Gasteiger partial charge >= 0.3 is 0 Å². The third kappa shape index (κ3) is 4.04. The van der Waals surface area contributed by atoms with Crippen LogP contribution in [0, 0.1) is 12.8 Å². The van der Waals surface area contributed by atoms with E-state index in [0.29, 0.717) is 5.95 Å². The topological polar surface area (TPSA) is 58.3 Å². The minimum Gasteiger partial charge on any atom is -0.371 e. The summed E-state index contributed by atoms with van der Waals surface area (Å²) >= 11 is 6.73. The van der Waals surface area contributed by atoms with Gasteiger partial charge in [0, 0.05) is 42.1 Å². The second-order valence-corrected chi connectivity index (χ2v) is 8.74. The van der Waals surface area contributed by atoms with E-state index in [2.05, 4.69) is 44.9 Å². The van der Waals surface area contributed by atoms with Crippen LogP contribution in [0.25, 0.3) is 0 Å². The molecule has 4 rings (SSSR count). The van der Waals surface area contributed by atoms with Crippen molar-refractivity contribution in [3.63, 3.8) is 0 Å². The Kier molecular flexibility index (Phi) is 5.63. The van der Waals surface area contributed by atoms with Crippen molar-refractivity contribution in [2.24, 2.45) is 5.92 Å². The fourth-order valence-corrected chi connectivity index (χ4v) is 4.82. The van der Waals surface area contributed by atoms with E-state index in [9.17, 15) is 0 Å². The molecule has 0 saturated carbocycles. The molecule has 28 heavy (non-hydrogen) atoms. The molecule has 2 aliphatic heterocycles. The highest BCUT2D eigenvalue weighted by Crippen LogP contribution is 2.39. The molecule has 0 bridgehead atoms. The maximum absolute atomic E-state index is 6.73. The molecule has 2 unspecified atom stereocenters. The van der Waals surface area contributed by atoms with Gasteiger partial charge in [-0.25, -0.2) is 4.98 Å². The third-order valence-corrected chi connectivity index (χ3v) is 6.38. The average Bonchev–Trinajstić information content (AvgIpc) is 2.94. The van der Waals surface area contributed by atoms with Crippen LogP contribution in [0.15, 0.2) is 24.3 Å². The van der Waals surface area contributed by atoms with Gasteiger partial charge < -0.3 is 15.5 Å². The molecule has 1 aromatic carbocycles. The van der Waals surface area contributed by atoms with Crippen LogP contribution < -0.4 is 15.5 Å². The van der Waals surface area contributed by atoms with Crippen LogP contribution in [-0.2, 0) is 0 Å². The molecular formula is C22H30ClN5. The van der Waals surface area contributed by atoms with E-state index in [-0.39, 0.29) is 6.04 Å². The Balaban J connectivity index is 1.71. The zero-order valence-corrected chi connectivity index (χ0v) is 17.6. The SMILES string of the molecule is Cc1cc(N2CCCCCC2c2cc(N3CCC(C)C3)ccc2Cl)nc(N)n1. The first-order chi connectivity index (χ1) is 13.5. The number of benzene rings is 1. The van der Waals surface area contributed by atoms with Crippen molar-refractivity contribution in [1.29, 1.82) is 0 Å². The highest BCUT2D eigenvalue weighted by Gasteiger charge is 2.27. The summed E-state index contributed by atoms with van der Waals surface area (Å²) in [5, 5.41) is 0.839. The molecule has 0 spiro atoms. The molecule has 1 aromatic heterocycles. The molecule has 150 valence electrons. The molecule has 0 radical (unpaired) electrons. The van der Waals surface area contributed by atoms with Crippen molar-refractivity contribution in [3.8, 4) is 0 Å². The molecule has 3 heterocycles. The van der Waals surface area contributed by atoms with Crippen LogP contribution in [0.3, 0.4) is 0 Å². The van der Waals surface area contributed by atoms with E-state index < -0.39 is 0 Å². The lowest BCUT2D eigenvalue weighted by atomic mass is 9.99. The summed E-state index contributed by atoms with van der Waals surface area (Å²) in [6, 6.07) is 8.79. The lowest BCUT2D eigenvalue weighted by Crippen LogP contribution is -2.30. The van der Waals surface area contributed by atoms with Crippen molar-refractivity contribution in [3.05, 3.63) is 40.5 Å². The van der Waals surface area contributed by atoms with E-state index in [1.54, 1.807) is 0 Å². The number of nitrogens with two attached hydrogens (primary N) is 1. The lowest BCUT2D eigenvalue weighted by molar-refractivity contribution is 0.596. The number of anilines is 3. The highest BCUT2D eigenvalue weighted by atomic mass is 35.5. The van der Waals surface area contributed by atoms with Crippen molar-refractivity contribution in [1.82, 2.24) is 9.97 Å². The minimum absolute atomic E-state index is 0.212. The first-order valence-electron chi connectivity index (χ1n) is 10.4.